The highest BCUT2D eigenvalue weighted by Gasteiger charge is 2.07. The fourth-order valence-electron chi connectivity index (χ4n) is 2.29. The summed E-state index contributed by atoms with van der Waals surface area (Å²) in [5.74, 6) is 0. The summed E-state index contributed by atoms with van der Waals surface area (Å²) in [7, 11) is 1.97. The largest absolute Gasteiger partial charge is 0.268 e. The van der Waals surface area contributed by atoms with E-state index in [0.717, 1.165) is 22.5 Å². The Labute approximate surface area is 106 Å². The van der Waals surface area contributed by atoms with Crippen molar-refractivity contribution >= 4 is 10.9 Å². The number of hydrogen-bond donors (Lipinski definition) is 0. The van der Waals surface area contributed by atoms with Gasteiger partial charge in [0.1, 0.15) is 0 Å². The molecule has 0 aliphatic heterocycles. The number of rotatable bonds is 1. The molecular formula is C15H15N3. The summed E-state index contributed by atoms with van der Waals surface area (Å²) in [6.07, 6.45) is 1.85. The Morgan fingerprint density at radius 3 is 2.67 bits per heavy atom. The summed E-state index contributed by atoms with van der Waals surface area (Å²) in [4.78, 5) is 4.43. The Bertz CT molecular complexity index is 726. The van der Waals surface area contributed by atoms with Crippen molar-refractivity contribution in [2.24, 2.45) is 7.05 Å². The molecule has 0 spiro atoms. The van der Waals surface area contributed by atoms with E-state index < -0.39 is 0 Å². The highest BCUT2D eigenvalue weighted by Crippen LogP contribution is 2.25. The second-order valence-corrected chi connectivity index (χ2v) is 4.66. The lowest BCUT2D eigenvalue weighted by molar-refractivity contribution is 0.783. The van der Waals surface area contributed by atoms with E-state index in [4.69, 9.17) is 0 Å². The highest BCUT2D eigenvalue weighted by atomic mass is 15.3. The lowest BCUT2D eigenvalue weighted by Crippen LogP contribution is -1.89. The fraction of sp³-hybridized carbons (Fsp3) is 0.200. The molecule has 0 saturated heterocycles. The maximum Gasteiger partial charge on any atom is 0.0704 e. The van der Waals surface area contributed by atoms with Crippen LogP contribution in [-0.4, -0.2) is 14.8 Å². The van der Waals surface area contributed by atoms with Gasteiger partial charge in [-0.3, -0.25) is 9.67 Å². The third-order valence-electron chi connectivity index (χ3n) is 3.25. The van der Waals surface area contributed by atoms with Crippen molar-refractivity contribution in [2.45, 2.75) is 13.8 Å². The third-order valence-corrected chi connectivity index (χ3v) is 3.25. The first-order valence-corrected chi connectivity index (χ1v) is 6.01. The summed E-state index contributed by atoms with van der Waals surface area (Å²) in [5, 5.41) is 5.63. The molecule has 2 heterocycles. The van der Waals surface area contributed by atoms with Crippen molar-refractivity contribution in [1.29, 1.82) is 0 Å². The zero-order valence-electron chi connectivity index (χ0n) is 10.8. The Kier molecular flexibility index (Phi) is 2.40. The SMILES string of the molecule is Cc1ccnc(-c2ccc3c(c2)c(C)nn3C)c1. The van der Waals surface area contributed by atoms with Crippen molar-refractivity contribution in [3.63, 3.8) is 0 Å². The van der Waals surface area contributed by atoms with Crippen LogP contribution in [0.5, 0.6) is 0 Å². The van der Waals surface area contributed by atoms with Gasteiger partial charge in [0.05, 0.1) is 16.9 Å². The first kappa shape index (κ1) is 11.0. The van der Waals surface area contributed by atoms with E-state index in [-0.39, 0.29) is 0 Å². The van der Waals surface area contributed by atoms with E-state index in [0.29, 0.717) is 0 Å². The van der Waals surface area contributed by atoms with Gasteiger partial charge in [0.2, 0.25) is 0 Å². The quantitative estimate of drug-likeness (QED) is 0.650. The minimum absolute atomic E-state index is 1.01. The number of fused-ring (bicyclic) bond motifs is 1. The zero-order valence-corrected chi connectivity index (χ0v) is 10.8. The number of pyridine rings is 1. The standard InChI is InChI=1S/C15H15N3/c1-10-6-7-16-14(8-10)12-4-5-15-13(9-12)11(2)17-18(15)3/h4-9H,1-3H3. The van der Waals surface area contributed by atoms with Crippen LogP contribution in [-0.2, 0) is 7.05 Å². The van der Waals surface area contributed by atoms with Crippen molar-refractivity contribution in [2.75, 3.05) is 0 Å². The van der Waals surface area contributed by atoms with E-state index in [2.05, 4.69) is 41.3 Å². The lowest BCUT2D eigenvalue weighted by atomic mass is 10.1. The summed E-state index contributed by atoms with van der Waals surface area (Å²) < 4.78 is 1.91. The summed E-state index contributed by atoms with van der Waals surface area (Å²) in [6.45, 7) is 4.12. The summed E-state index contributed by atoms with van der Waals surface area (Å²) in [5.41, 5.74) is 5.59. The normalized spacial score (nSPS) is 11.1. The average Bonchev–Trinajstić information content (AvgIpc) is 2.65. The van der Waals surface area contributed by atoms with Crippen LogP contribution in [0.1, 0.15) is 11.3 Å². The molecule has 3 nitrogen and oxygen atoms in total. The van der Waals surface area contributed by atoms with Gasteiger partial charge in [-0.15, -0.1) is 0 Å². The molecule has 0 atom stereocenters. The number of benzene rings is 1. The zero-order chi connectivity index (χ0) is 12.7. The molecule has 0 saturated carbocycles. The van der Waals surface area contributed by atoms with Crippen molar-refractivity contribution in [3.05, 3.63) is 47.8 Å². The van der Waals surface area contributed by atoms with Crippen molar-refractivity contribution in [1.82, 2.24) is 14.8 Å². The minimum Gasteiger partial charge on any atom is -0.268 e. The maximum atomic E-state index is 4.44. The van der Waals surface area contributed by atoms with Gasteiger partial charge in [-0.25, -0.2) is 0 Å². The number of aryl methyl sites for hydroxylation is 3. The van der Waals surface area contributed by atoms with E-state index in [1.165, 1.54) is 10.9 Å². The number of hydrogen-bond acceptors (Lipinski definition) is 2. The smallest absolute Gasteiger partial charge is 0.0704 e. The van der Waals surface area contributed by atoms with E-state index in [9.17, 15) is 0 Å². The predicted octanol–water partition coefficient (Wildman–Crippen LogP) is 3.25. The molecule has 0 aliphatic carbocycles. The fourth-order valence-corrected chi connectivity index (χ4v) is 2.29. The molecule has 0 radical (unpaired) electrons. The Morgan fingerprint density at radius 1 is 1.06 bits per heavy atom. The first-order chi connectivity index (χ1) is 8.65. The number of nitrogens with zero attached hydrogens (tertiary/aromatic N) is 3. The molecule has 0 aliphatic rings. The molecule has 1 aromatic carbocycles. The summed E-state index contributed by atoms with van der Waals surface area (Å²) >= 11 is 0. The molecule has 18 heavy (non-hydrogen) atoms. The molecule has 90 valence electrons. The lowest BCUT2D eigenvalue weighted by Gasteiger charge is -2.02. The van der Waals surface area contributed by atoms with Crippen molar-refractivity contribution in [3.8, 4) is 11.3 Å². The van der Waals surface area contributed by atoms with Gasteiger partial charge in [-0.2, -0.15) is 5.10 Å². The number of aromatic nitrogens is 3. The van der Waals surface area contributed by atoms with Crippen LogP contribution in [0.3, 0.4) is 0 Å². The van der Waals surface area contributed by atoms with E-state index >= 15 is 0 Å². The van der Waals surface area contributed by atoms with Gasteiger partial charge in [-0.1, -0.05) is 6.07 Å². The Hall–Kier alpha value is -2.16. The third kappa shape index (κ3) is 1.68. The van der Waals surface area contributed by atoms with Crippen LogP contribution in [0.4, 0.5) is 0 Å². The molecule has 0 N–H and O–H groups in total. The topological polar surface area (TPSA) is 30.7 Å². The molecule has 2 aromatic heterocycles. The van der Waals surface area contributed by atoms with Gasteiger partial charge in [0.15, 0.2) is 0 Å². The minimum atomic E-state index is 1.01. The second kappa shape index (κ2) is 3.95. The molecule has 3 rings (SSSR count). The van der Waals surface area contributed by atoms with E-state index in [1.807, 2.05) is 30.9 Å². The Balaban J connectivity index is 2.22. The van der Waals surface area contributed by atoms with Gasteiger partial charge < -0.3 is 0 Å². The second-order valence-electron chi connectivity index (χ2n) is 4.66. The van der Waals surface area contributed by atoms with Crippen LogP contribution in [0.25, 0.3) is 22.2 Å². The highest BCUT2D eigenvalue weighted by molar-refractivity contribution is 5.86. The van der Waals surface area contributed by atoms with Gasteiger partial charge in [0.25, 0.3) is 0 Å². The Morgan fingerprint density at radius 2 is 1.89 bits per heavy atom. The molecule has 0 bridgehead atoms. The maximum absolute atomic E-state index is 4.44. The first-order valence-electron chi connectivity index (χ1n) is 6.01. The van der Waals surface area contributed by atoms with Crippen LogP contribution in [0.2, 0.25) is 0 Å². The molecule has 3 heteroatoms. The van der Waals surface area contributed by atoms with Gasteiger partial charge >= 0.3 is 0 Å². The molecule has 0 fully saturated rings. The predicted molar refractivity (Wildman–Crippen MR) is 73.4 cm³/mol. The van der Waals surface area contributed by atoms with Crippen molar-refractivity contribution < 1.29 is 0 Å². The van der Waals surface area contributed by atoms with Crippen LogP contribution >= 0.6 is 0 Å². The monoisotopic (exact) mass is 237 g/mol. The van der Waals surface area contributed by atoms with E-state index in [1.54, 1.807) is 0 Å². The van der Waals surface area contributed by atoms with Crippen LogP contribution in [0.15, 0.2) is 36.5 Å². The average molecular weight is 237 g/mol. The molecule has 0 amide bonds. The molecule has 0 unspecified atom stereocenters. The van der Waals surface area contributed by atoms with Gasteiger partial charge in [-0.05, 0) is 43.7 Å². The van der Waals surface area contributed by atoms with Crippen LogP contribution in [0, 0.1) is 13.8 Å². The van der Waals surface area contributed by atoms with Crippen LogP contribution < -0.4 is 0 Å². The summed E-state index contributed by atoms with van der Waals surface area (Å²) in [6, 6.07) is 10.5. The van der Waals surface area contributed by atoms with Gasteiger partial charge in [0, 0.05) is 24.2 Å². The molecule has 3 aromatic rings. The molecular weight excluding hydrogens is 222 g/mol.